The van der Waals surface area contributed by atoms with Gasteiger partial charge in [0.05, 0.1) is 0 Å². The van der Waals surface area contributed by atoms with Gasteiger partial charge in [-0.25, -0.2) is 0 Å². The Morgan fingerprint density at radius 3 is 2.16 bits per heavy atom. The van der Waals surface area contributed by atoms with Crippen molar-refractivity contribution in [3.8, 4) is 0 Å². The summed E-state index contributed by atoms with van der Waals surface area (Å²) in [5.74, 6) is -6.50. The summed E-state index contributed by atoms with van der Waals surface area (Å²) in [6.45, 7) is 1.86. The number of hydrogen-bond acceptors (Lipinski definition) is 2. The predicted molar refractivity (Wildman–Crippen MR) is 71.2 cm³/mol. The Morgan fingerprint density at radius 1 is 1.05 bits per heavy atom. The summed E-state index contributed by atoms with van der Waals surface area (Å²) in [7, 11) is 0. The van der Waals surface area contributed by atoms with E-state index in [1.165, 1.54) is 0 Å². The van der Waals surface area contributed by atoms with E-state index < -0.39 is 29.2 Å². The Hall–Kier alpha value is -1.38. The molecule has 100 valence electrons. The summed E-state index contributed by atoms with van der Waals surface area (Å²) >= 11 is 2.04. The van der Waals surface area contributed by atoms with Gasteiger partial charge in [-0.1, -0.05) is 6.07 Å². The first-order valence-corrected chi connectivity index (χ1v) is 6.21. The molecule has 2 rings (SSSR count). The molecule has 2 nitrogen and oxygen atoms in total. The van der Waals surface area contributed by atoms with Crippen LogP contribution in [-0.4, -0.2) is 4.98 Å². The van der Waals surface area contributed by atoms with Crippen LogP contribution in [-0.2, 0) is 0 Å². The maximum Gasteiger partial charge on any atom is 0.253 e. The van der Waals surface area contributed by atoms with Crippen molar-refractivity contribution in [1.29, 1.82) is 0 Å². The van der Waals surface area contributed by atoms with Crippen LogP contribution in [0, 0.1) is 34.0 Å². The smallest absolute Gasteiger partial charge is 0.253 e. The molecule has 1 N–H and O–H groups in total. The van der Waals surface area contributed by atoms with Crippen LogP contribution >= 0.6 is 22.6 Å². The molecule has 0 amide bonds. The van der Waals surface area contributed by atoms with Crippen LogP contribution in [0.3, 0.4) is 0 Å². The highest BCUT2D eigenvalue weighted by Crippen LogP contribution is 2.27. The average Bonchev–Trinajstić information content (AvgIpc) is 2.36. The molecule has 0 aliphatic heterocycles. The fourth-order valence-corrected chi connectivity index (χ4v) is 1.93. The van der Waals surface area contributed by atoms with E-state index in [4.69, 9.17) is 0 Å². The zero-order valence-corrected chi connectivity index (χ0v) is 11.7. The van der Waals surface area contributed by atoms with Crippen LogP contribution in [0.4, 0.5) is 28.9 Å². The van der Waals surface area contributed by atoms with E-state index in [-0.39, 0.29) is 0 Å². The monoisotopic (exact) mass is 382 g/mol. The van der Waals surface area contributed by atoms with E-state index in [2.05, 4.69) is 10.3 Å². The second kappa shape index (κ2) is 5.32. The van der Waals surface area contributed by atoms with Crippen molar-refractivity contribution in [3.63, 3.8) is 0 Å². The number of nitrogens with zero attached hydrogens (tertiary/aromatic N) is 1. The van der Waals surface area contributed by atoms with Crippen LogP contribution in [0.15, 0.2) is 18.2 Å². The highest BCUT2D eigenvalue weighted by Gasteiger charge is 2.20. The number of halogens is 5. The minimum atomic E-state index is -1.69. The third kappa shape index (κ3) is 2.80. The minimum absolute atomic E-state index is 0.317. The number of aryl methyl sites for hydroxylation is 1. The van der Waals surface area contributed by atoms with Gasteiger partial charge in [-0.3, -0.25) is 0 Å². The lowest BCUT2D eigenvalue weighted by atomic mass is 10.2. The number of benzene rings is 1. The molecule has 0 spiro atoms. The first-order valence-electron chi connectivity index (χ1n) is 5.13. The van der Waals surface area contributed by atoms with Crippen LogP contribution in [0.25, 0.3) is 0 Å². The summed E-state index contributed by atoms with van der Waals surface area (Å²) in [4.78, 5) is 2.48. The van der Waals surface area contributed by atoms with Crippen molar-refractivity contribution >= 4 is 34.0 Å². The SMILES string of the molecule is Cc1ccc(Nc2c(F)c(F)nc(F)c2F)cc1I. The first-order chi connectivity index (χ1) is 8.90. The van der Waals surface area contributed by atoms with Gasteiger partial charge >= 0.3 is 0 Å². The standard InChI is InChI=1S/C12H7F4IN2/c1-5-2-3-6(4-7(5)17)18-10-8(13)11(15)19-12(16)9(10)14/h2-4H,1H3,(H,18,19). The van der Waals surface area contributed by atoms with Crippen molar-refractivity contribution in [3.05, 3.63) is 50.9 Å². The third-order valence-corrected chi connectivity index (χ3v) is 3.60. The van der Waals surface area contributed by atoms with E-state index in [9.17, 15) is 17.6 Å². The molecule has 1 aromatic carbocycles. The van der Waals surface area contributed by atoms with Crippen LogP contribution < -0.4 is 5.32 Å². The molecule has 1 aromatic heterocycles. The van der Waals surface area contributed by atoms with E-state index in [0.29, 0.717) is 5.69 Å². The summed E-state index contributed by atoms with van der Waals surface area (Å²) in [5, 5.41) is 2.32. The second-order valence-electron chi connectivity index (χ2n) is 3.79. The van der Waals surface area contributed by atoms with Gasteiger partial charge in [0.2, 0.25) is 11.6 Å². The topological polar surface area (TPSA) is 24.9 Å². The molecule has 19 heavy (non-hydrogen) atoms. The summed E-state index contributed by atoms with van der Waals surface area (Å²) < 4.78 is 53.5. The van der Waals surface area contributed by atoms with Crippen LogP contribution in [0.5, 0.6) is 0 Å². The lowest BCUT2D eigenvalue weighted by molar-refractivity contribution is 0.411. The molecule has 0 unspecified atom stereocenters. The molecule has 7 heteroatoms. The number of rotatable bonds is 2. The molecule has 0 saturated carbocycles. The van der Waals surface area contributed by atoms with Crippen molar-refractivity contribution in [1.82, 2.24) is 4.98 Å². The van der Waals surface area contributed by atoms with Gasteiger partial charge in [0.25, 0.3) is 11.9 Å². The quantitative estimate of drug-likeness (QED) is 0.476. The van der Waals surface area contributed by atoms with Crippen molar-refractivity contribution in [2.24, 2.45) is 0 Å². The molecule has 0 aliphatic carbocycles. The summed E-state index contributed by atoms with van der Waals surface area (Å²) in [6.07, 6.45) is 0. The van der Waals surface area contributed by atoms with E-state index >= 15 is 0 Å². The maximum absolute atomic E-state index is 13.4. The Bertz CT molecular complexity index is 620. The molecule has 2 aromatic rings. The van der Waals surface area contributed by atoms with E-state index in [1.807, 2.05) is 29.5 Å². The maximum atomic E-state index is 13.4. The molecule has 0 saturated heterocycles. The molecule has 1 heterocycles. The minimum Gasteiger partial charge on any atom is -0.350 e. The van der Waals surface area contributed by atoms with Crippen LogP contribution in [0.1, 0.15) is 5.56 Å². The Balaban J connectivity index is 2.46. The highest BCUT2D eigenvalue weighted by molar-refractivity contribution is 14.1. The number of pyridine rings is 1. The van der Waals surface area contributed by atoms with Crippen molar-refractivity contribution in [2.45, 2.75) is 6.92 Å². The highest BCUT2D eigenvalue weighted by atomic mass is 127. The molecule has 0 aliphatic rings. The normalized spacial score (nSPS) is 10.6. The average molecular weight is 382 g/mol. The first kappa shape index (κ1) is 14.0. The number of hydrogen-bond donors (Lipinski definition) is 1. The van der Waals surface area contributed by atoms with Crippen molar-refractivity contribution in [2.75, 3.05) is 5.32 Å². The van der Waals surface area contributed by atoms with E-state index in [0.717, 1.165) is 9.13 Å². The third-order valence-electron chi connectivity index (χ3n) is 2.44. The molecule has 0 atom stereocenters. The van der Waals surface area contributed by atoms with Gasteiger partial charge in [-0.2, -0.15) is 22.5 Å². The lowest BCUT2D eigenvalue weighted by Gasteiger charge is -2.10. The Labute approximate surface area is 120 Å². The van der Waals surface area contributed by atoms with Crippen molar-refractivity contribution < 1.29 is 17.6 Å². The second-order valence-corrected chi connectivity index (χ2v) is 4.95. The van der Waals surface area contributed by atoms with Gasteiger partial charge < -0.3 is 5.32 Å². The number of anilines is 2. The predicted octanol–water partition coefficient (Wildman–Crippen LogP) is 4.29. The molecular formula is C12H7F4IN2. The number of aromatic nitrogens is 1. The number of nitrogens with one attached hydrogen (secondary N) is 1. The zero-order chi connectivity index (χ0) is 14.2. The summed E-state index contributed by atoms with van der Waals surface area (Å²) in [6, 6.07) is 4.87. The molecular weight excluding hydrogens is 375 g/mol. The van der Waals surface area contributed by atoms with Gasteiger partial charge in [0.15, 0.2) is 0 Å². The van der Waals surface area contributed by atoms with E-state index in [1.54, 1.807) is 18.2 Å². The van der Waals surface area contributed by atoms with Gasteiger partial charge in [-0.15, -0.1) is 0 Å². The fourth-order valence-electron chi connectivity index (χ4n) is 1.41. The van der Waals surface area contributed by atoms with Gasteiger partial charge in [0.1, 0.15) is 5.69 Å². The summed E-state index contributed by atoms with van der Waals surface area (Å²) in [5.41, 5.74) is 0.390. The van der Waals surface area contributed by atoms with Crippen LogP contribution in [0.2, 0.25) is 0 Å². The van der Waals surface area contributed by atoms with Gasteiger partial charge in [-0.05, 0) is 47.2 Å². The fraction of sp³-hybridized carbons (Fsp3) is 0.0833. The molecule has 0 radical (unpaired) electrons. The largest absolute Gasteiger partial charge is 0.350 e. The molecule has 0 bridgehead atoms. The lowest BCUT2D eigenvalue weighted by Crippen LogP contribution is -2.06. The Morgan fingerprint density at radius 2 is 1.63 bits per heavy atom. The molecule has 0 fully saturated rings. The Kier molecular flexibility index (Phi) is 3.93. The zero-order valence-electron chi connectivity index (χ0n) is 9.57. The van der Waals surface area contributed by atoms with Gasteiger partial charge in [0, 0.05) is 9.26 Å².